The van der Waals surface area contributed by atoms with Gasteiger partial charge in [-0.2, -0.15) is 0 Å². The highest BCUT2D eigenvalue weighted by atomic mass is 19.1. The lowest BCUT2D eigenvalue weighted by atomic mass is 10.1. The maximum atomic E-state index is 13.6. The van der Waals surface area contributed by atoms with Crippen LogP contribution in [0, 0.1) is 0 Å². The first-order chi connectivity index (χ1) is 10.2. The molecule has 1 nitrogen and oxygen atoms in total. The van der Waals surface area contributed by atoms with E-state index in [0.717, 1.165) is 18.6 Å². The molecule has 0 radical (unpaired) electrons. The molecule has 0 aromatic heterocycles. The lowest BCUT2D eigenvalue weighted by molar-refractivity contribution is 0.482. The first-order valence-electron chi connectivity index (χ1n) is 7.45. The second-order valence-electron chi connectivity index (χ2n) is 4.98. The predicted octanol–water partition coefficient (Wildman–Crippen LogP) is 6.15. The van der Waals surface area contributed by atoms with Crippen LogP contribution in [0.25, 0.3) is 5.83 Å². The fraction of sp³-hybridized carbons (Fsp3) is 0.263. The molecule has 21 heavy (non-hydrogen) atoms. The number of hydrogen-bond donors (Lipinski definition) is 0. The largest absolute Gasteiger partial charge is 0.457 e. The molecule has 2 aromatic carbocycles. The Morgan fingerprint density at radius 1 is 0.952 bits per heavy atom. The fourth-order valence-corrected chi connectivity index (χ4v) is 2.13. The summed E-state index contributed by atoms with van der Waals surface area (Å²) >= 11 is 0. The van der Waals surface area contributed by atoms with Gasteiger partial charge in [-0.1, -0.05) is 32.4 Å². The smallest absolute Gasteiger partial charge is 0.127 e. The number of benzene rings is 2. The van der Waals surface area contributed by atoms with Crippen molar-refractivity contribution >= 4 is 5.83 Å². The van der Waals surface area contributed by atoms with Gasteiger partial charge in [0.25, 0.3) is 0 Å². The highest BCUT2D eigenvalue weighted by Crippen LogP contribution is 2.25. The van der Waals surface area contributed by atoms with Crippen LogP contribution in [0.3, 0.4) is 0 Å². The van der Waals surface area contributed by atoms with Gasteiger partial charge in [0.05, 0.1) is 0 Å². The number of rotatable bonds is 6. The van der Waals surface area contributed by atoms with Gasteiger partial charge in [-0.15, -0.1) is 0 Å². The van der Waals surface area contributed by atoms with E-state index in [-0.39, 0.29) is 5.83 Å². The standard InChI is InChI=1S/C19H21FO/c1-3-5-15-7-11-17(12-8-15)21-18-13-9-16(10-14-18)19(20)6-4-2/h6-14H,3-5H2,1-2H3/b19-6+. The topological polar surface area (TPSA) is 9.23 Å². The summed E-state index contributed by atoms with van der Waals surface area (Å²) < 4.78 is 19.4. The molecule has 0 heterocycles. The van der Waals surface area contributed by atoms with Gasteiger partial charge >= 0.3 is 0 Å². The van der Waals surface area contributed by atoms with Gasteiger partial charge < -0.3 is 4.74 Å². The van der Waals surface area contributed by atoms with Crippen molar-refractivity contribution in [3.8, 4) is 11.5 Å². The first-order valence-corrected chi connectivity index (χ1v) is 7.45. The van der Waals surface area contributed by atoms with Crippen LogP contribution < -0.4 is 4.74 Å². The van der Waals surface area contributed by atoms with Crippen LogP contribution in [0.2, 0.25) is 0 Å². The van der Waals surface area contributed by atoms with Crippen LogP contribution in [0.4, 0.5) is 4.39 Å². The Morgan fingerprint density at radius 3 is 2.05 bits per heavy atom. The van der Waals surface area contributed by atoms with Gasteiger partial charge in [-0.25, -0.2) is 4.39 Å². The first kappa shape index (κ1) is 15.3. The Labute approximate surface area is 126 Å². The zero-order valence-corrected chi connectivity index (χ0v) is 12.6. The van der Waals surface area contributed by atoms with Crippen LogP contribution in [-0.4, -0.2) is 0 Å². The molecule has 2 rings (SSSR count). The van der Waals surface area contributed by atoms with Crippen LogP contribution in [0.15, 0.2) is 54.6 Å². The van der Waals surface area contributed by atoms with Crippen molar-refractivity contribution in [1.29, 1.82) is 0 Å². The Balaban J connectivity index is 2.04. The highest BCUT2D eigenvalue weighted by molar-refractivity contribution is 5.59. The molecule has 0 bridgehead atoms. The maximum Gasteiger partial charge on any atom is 0.127 e. The van der Waals surface area contributed by atoms with Crippen LogP contribution in [0.5, 0.6) is 11.5 Å². The molecule has 0 saturated heterocycles. The molecule has 0 aliphatic carbocycles. The molecular formula is C19H21FO. The lowest BCUT2D eigenvalue weighted by Gasteiger charge is -2.07. The quantitative estimate of drug-likeness (QED) is 0.618. The third kappa shape index (κ3) is 4.45. The van der Waals surface area contributed by atoms with E-state index in [1.807, 2.05) is 19.1 Å². The summed E-state index contributed by atoms with van der Waals surface area (Å²) in [5.74, 6) is 1.33. The molecule has 0 unspecified atom stereocenters. The third-order valence-corrected chi connectivity index (χ3v) is 3.21. The number of hydrogen-bond acceptors (Lipinski definition) is 1. The van der Waals surface area contributed by atoms with E-state index in [0.29, 0.717) is 17.7 Å². The van der Waals surface area contributed by atoms with Gasteiger partial charge in [0.1, 0.15) is 17.3 Å². The molecule has 110 valence electrons. The highest BCUT2D eigenvalue weighted by Gasteiger charge is 2.01. The second-order valence-corrected chi connectivity index (χ2v) is 4.98. The van der Waals surface area contributed by atoms with Gasteiger partial charge in [-0.3, -0.25) is 0 Å². The Kier molecular flexibility index (Phi) is 5.56. The average Bonchev–Trinajstić information content (AvgIpc) is 2.50. The van der Waals surface area contributed by atoms with Crippen molar-refractivity contribution in [3.63, 3.8) is 0 Å². The molecule has 2 heteroatoms. The van der Waals surface area contributed by atoms with Crippen LogP contribution >= 0.6 is 0 Å². The summed E-state index contributed by atoms with van der Waals surface area (Å²) in [4.78, 5) is 0. The molecule has 0 N–H and O–H groups in total. The van der Waals surface area contributed by atoms with Crippen molar-refractivity contribution in [2.45, 2.75) is 33.1 Å². The summed E-state index contributed by atoms with van der Waals surface area (Å²) in [6.07, 6.45) is 4.48. The van der Waals surface area contributed by atoms with E-state index < -0.39 is 0 Å². The summed E-state index contributed by atoms with van der Waals surface area (Å²) in [5, 5.41) is 0. The Hall–Kier alpha value is -2.09. The minimum Gasteiger partial charge on any atom is -0.457 e. The summed E-state index contributed by atoms with van der Waals surface area (Å²) in [7, 11) is 0. The Bertz CT molecular complexity index is 582. The van der Waals surface area contributed by atoms with E-state index in [9.17, 15) is 4.39 Å². The summed E-state index contributed by atoms with van der Waals surface area (Å²) in [6.45, 7) is 4.08. The van der Waals surface area contributed by atoms with Gasteiger partial charge in [0, 0.05) is 5.56 Å². The average molecular weight is 284 g/mol. The second kappa shape index (κ2) is 7.63. The number of allylic oxidation sites excluding steroid dienone is 1. The van der Waals surface area contributed by atoms with E-state index in [1.54, 1.807) is 30.3 Å². The minimum absolute atomic E-state index is 0.187. The van der Waals surface area contributed by atoms with Gasteiger partial charge in [0.15, 0.2) is 0 Å². The van der Waals surface area contributed by atoms with E-state index in [2.05, 4.69) is 19.1 Å². The summed E-state index contributed by atoms with van der Waals surface area (Å²) in [5.41, 5.74) is 1.90. The van der Waals surface area contributed by atoms with Crippen molar-refractivity contribution in [2.24, 2.45) is 0 Å². The van der Waals surface area contributed by atoms with Gasteiger partial charge in [-0.05, 0) is 60.9 Å². The number of halogens is 1. The normalized spacial score (nSPS) is 11.5. The molecule has 2 aromatic rings. The van der Waals surface area contributed by atoms with Gasteiger partial charge in [0.2, 0.25) is 0 Å². The van der Waals surface area contributed by atoms with Crippen molar-refractivity contribution < 1.29 is 9.13 Å². The van der Waals surface area contributed by atoms with Crippen LogP contribution in [-0.2, 0) is 6.42 Å². The molecule has 0 saturated carbocycles. The Morgan fingerprint density at radius 2 is 1.52 bits per heavy atom. The number of ether oxygens (including phenoxy) is 1. The molecule has 0 aliphatic rings. The van der Waals surface area contributed by atoms with E-state index >= 15 is 0 Å². The van der Waals surface area contributed by atoms with Crippen molar-refractivity contribution in [1.82, 2.24) is 0 Å². The van der Waals surface area contributed by atoms with E-state index in [4.69, 9.17) is 4.74 Å². The van der Waals surface area contributed by atoms with E-state index in [1.165, 1.54) is 5.56 Å². The molecule has 0 fully saturated rings. The van der Waals surface area contributed by atoms with Crippen LogP contribution in [0.1, 0.15) is 37.8 Å². The molecule has 0 aliphatic heterocycles. The lowest BCUT2D eigenvalue weighted by Crippen LogP contribution is -1.87. The SMILES string of the molecule is CC/C=C(/F)c1ccc(Oc2ccc(CCC)cc2)cc1. The zero-order valence-electron chi connectivity index (χ0n) is 12.6. The molecule has 0 amide bonds. The van der Waals surface area contributed by atoms with Crippen molar-refractivity contribution in [2.75, 3.05) is 0 Å². The predicted molar refractivity (Wildman–Crippen MR) is 86.3 cm³/mol. The zero-order chi connectivity index (χ0) is 15.1. The molecular weight excluding hydrogens is 263 g/mol. The molecule has 0 spiro atoms. The maximum absolute atomic E-state index is 13.6. The third-order valence-electron chi connectivity index (χ3n) is 3.21. The number of aryl methyl sites for hydroxylation is 1. The monoisotopic (exact) mass is 284 g/mol. The van der Waals surface area contributed by atoms with Crippen molar-refractivity contribution in [3.05, 3.63) is 65.7 Å². The fourth-order valence-electron chi connectivity index (χ4n) is 2.13. The minimum atomic E-state index is -0.187. The molecule has 0 atom stereocenters. The summed E-state index contributed by atoms with van der Waals surface area (Å²) in [6, 6.07) is 15.2.